The van der Waals surface area contributed by atoms with Gasteiger partial charge in [0.1, 0.15) is 6.04 Å². The number of carboxylic acids is 1. The molecule has 0 aromatic rings. The molecule has 0 spiro atoms. The van der Waals surface area contributed by atoms with E-state index >= 15 is 0 Å². The molecule has 0 aliphatic rings. The fourth-order valence-electron chi connectivity index (χ4n) is 0.343. The molecule has 0 fully saturated rings. The molecule has 1 atom stereocenters. The summed E-state index contributed by atoms with van der Waals surface area (Å²) in [5.74, 6) is -1.14. The molecule has 6 nitrogen and oxygen atoms in total. The maximum atomic E-state index is 10.2. The Morgan fingerprint density at radius 1 is 1.64 bits per heavy atom. The van der Waals surface area contributed by atoms with Crippen LogP contribution < -0.4 is 5.32 Å². The monoisotopic (exact) mass is 183 g/mol. The van der Waals surface area contributed by atoms with Gasteiger partial charge in [-0.05, 0) is 6.92 Å². The second-order valence-corrected chi connectivity index (χ2v) is 3.73. The molecule has 0 aliphatic carbocycles. The normalized spacial score (nSPS) is 14.5. The van der Waals surface area contributed by atoms with Crippen molar-refractivity contribution in [3.63, 3.8) is 0 Å². The van der Waals surface area contributed by atoms with Crippen molar-refractivity contribution in [2.75, 3.05) is 6.29 Å². The Hall–Kier alpha value is -0.420. The van der Waals surface area contributed by atoms with Crippen LogP contribution in [0.5, 0.6) is 0 Å². The molecular formula is C4H10NO5P. The van der Waals surface area contributed by atoms with Crippen LogP contribution in [-0.2, 0) is 9.36 Å². The first-order valence-corrected chi connectivity index (χ1v) is 4.63. The number of hydrogen-bond donors (Lipinski definition) is 4. The van der Waals surface area contributed by atoms with Crippen LogP contribution in [0.4, 0.5) is 0 Å². The zero-order chi connectivity index (χ0) is 9.07. The first-order chi connectivity index (χ1) is 4.83. The molecule has 0 amide bonds. The summed E-state index contributed by atoms with van der Waals surface area (Å²) in [5.41, 5.74) is 0. The van der Waals surface area contributed by atoms with Crippen LogP contribution in [-0.4, -0.2) is 33.2 Å². The molecule has 0 aliphatic heterocycles. The van der Waals surface area contributed by atoms with E-state index in [1.54, 1.807) is 0 Å². The molecule has 0 saturated heterocycles. The Morgan fingerprint density at radius 2 is 2.09 bits per heavy atom. The molecule has 0 aromatic carbocycles. The SMILES string of the molecule is CC(NCP(=O)(O)O)C(=O)O. The number of rotatable bonds is 4. The highest BCUT2D eigenvalue weighted by atomic mass is 31.2. The van der Waals surface area contributed by atoms with Crippen LogP contribution in [0.1, 0.15) is 6.92 Å². The third kappa shape index (κ3) is 6.00. The molecule has 0 bridgehead atoms. The van der Waals surface area contributed by atoms with E-state index in [4.69, 9.17) is 14.9 Å². The van der Waals surface area contributed by atoms with E-state index in [2.05, 4.69) is 5.32 Å². The van der Waals surface area contributed by atoms with Crippen LogP contribution in [0.3, 0.4) is 0 Å². The average Bonchev–Trinajstić information content (AvgIpc) is 1.80. The highest BCUT2D eigenvalue weighted by molar-refractivity contribution is 7.51. The minimum Gasteiger partial charge on any atom is -0.480 e. The molecule has 4 N–H and O–H groups in total. The molecule has 0 heterocycles. The quantitative estimate of drug-likeness (QED) is 0.424. The van der Waals surface area contributed by atoms with Gasteiger partial charge in [0, 0.05) is 0 Å². The number of nitrogens with one attached hydrogen (secondary N) is 1. The first kappa shape index (κ1) is 10.6. The topological polar surface area (TPSA) is 107 Å². The van der Waals surface area contributed by atoms with Gasteiger partial charge < -0.3 is 14.9 Å². The van der Waals surface area contributed by atoms with Crippen molar-refractivity contribution in [2.45, 2.75) is 13.0 Å². The average molecular weight is 183 g/mol. The second-order valence-electron chi connectivity index (χ2n) is 2.09. The molecule has 7 heteroatoms. The Labute approximate surface area is 63.4 Å². The van der Waals surface area contributed by atoms with Crippen molar-refractivity contribution in [3.8, 4) is 0 Å². The zero-order valence-corrected chi connectivity index (χ0v) is 6.78. The van der Waals surface area contributed by atoms with E-state index in [-0.39, 0.29) is 0 Å². The van der Waals surface area contributed by atoms with Crippen molar-refractivity contribution < 1.29 is 24.3 Å². The van der Waals surface area contributed by atoms with Crippen molar-refractivity contribution in [3.05, 3.63) is 0 Å². The maximum absolute atomic E-state index is 10.2. The van der Waals surface area contributed by atoms with E-state index in [1.807, 2.05) is 0 Å². The van der Waals surface area contributed by atoms with E-state index in [0.29, 0.717) is 0 Å². The molecule has 11 heavy (non-hydrogen) atoms. The standard InChI is InChI=1S/C4H10NO5P/c1-3(4(6)7)5-2-11(8,9)10/h3,5H,2H2,1H3,(H,6,7)(H2,8,9,10). The van der Waals surface area contributed by atoms with Crippen molar-refractivity contribution in [1.82, 2.24) is 5.32 Å². The third-order valence-electron chi connectivity index (χ3n) is 0.974. The predicted octanol–water partition coefficient (Wildman–Crippen LogP) is -0.816. The summed E-state index contributed by atoms with van der Waals surface area (Å²) in [5, 5.41) is 10.4. The molecular weight excluding hydrogens is 173 g/mol. The summed E-state index contributed by atoms with van der Waals surface area (Å²) in [6.45, 7) is 1.30. The Bertz CT molecular complexity index is 187. The van der Waals surface area contributed by atoms with Gasteiger partial charge >= 0.3 is 13.6 Å². The number of hydrogen-bond acceptors (Lipinski definition) is 3. The number of carbonyl (C=O) groups is 1. The van der Waals surface area contributed by atoms with Gasteiger partial charge in [-0.25, -0.2) is 0 Å². The van der Waals surface area contributed by atoms with Crippen LogP contribution in [0.2, 0.25) is 0 Å². The number of carboxylic acid groups (broad SMARTS) is 1. The van der Waals surface area contributed by atoms with Crippen LogP contribution in [0, 0.1) is 0 Å². The maximum Gasteiger partial charge on any atom is 0.339 e. The summed E-state index contributed by atoms with van der Waals surface area (Å²) in [6, 6.07) is -0.942. The second kappa shape index (κ2) is 3.82. The first-order valence-electron chi connectivity index (χ1n) is 2.83. The van der Waals surface area contributed by atoms with E-state index in [1.165, 1.54) is 6.92 Å². The highest BCUT2D eigenvalue weighted by Gasteiger charge is 2.17. The molecule has 1 unspecified atom stereocenters. The van der Waals surface area contributed by atoms with Gasteiger partial charge in [-0.2, -0.15) is 0 Å². The van der Waals surface area contributed by atoms with Crippen molar-refractivity contribution >= 4 is 13.6 Å². The summed E-state index contributed by atoms with van der Waals surface area (Å²) in [6.07, 6.45) is -0.611. The van der Waals surface area contributed by atoms with Gasteiger partial charge in [0.25, 0.3) is 0 Å². The molecule has 0 radical (unpaired) electrons. The van der Waals surface area contributed by atoms with Gasteiger partial charge in [0.15, 0.2) is 0 Å². The smallest absolute Gasteiger partial charge is 0.339 e. The minimum absolute atomic E-state index is 0.611. The van der Waals surface area contributed by atoms with Gasteiger partial charge in [-0.15, -0.1) is 0 Å². The fraction of sp³-hybridized carbons (Fsp3) is 0.750. The number of aliphatic carboxylic acids is 1. The van der Waals surface area contributed by atoms with E-state index in [9.17, 15) is 9.36 Å². The molecule has 0 rings (SSSR count). The summed E-state index contributed by atoms with van der Waals surface area (Å²) in [7, 11) is -4.13. The highest BCUT2D eigenvalue weighted by Crippen LogP contribution is 2.32. The Morgan fingerprint density at radius 3 is 2.36 bits per heavy atom. The lowest BCUT2D eigenvalue weighted by Crippen LogP contribution is -2.34. The van der Waals surface area contributed by atoms with E-state index in [0.717, 1.165) is 0 Å². The van der Waals surface area contributed by atoms with Gasteiger partial charge in [-0.3, -0.25) is 14.7 Å². The zero-order valence-electron chi connectivity index (χ0n) is 5.89. The molecule has 66 valence electrons. The Kier molecular flexibility index (Phi) is 3.68. The molecule has 0 saturated carbocycles. The van der Waals surface area contributed by atoms with Gasteiger partial charge in [-0.1, -0.05) is 0 Å². The van der Waals surface area contributed by atoms with E-state index < -0.39 is 25.9 Å². The summed E-state index contributed by atoms with van der Waals surface area (Å²) in [4.78, 5) is 26.7. The summed E-state index contributed by atoms with van der Waals surface area (Å²) >= 11 is 0. The lowest BCUT2D eigenvalue weighted by molar-refractivity contribution is -0.138. The minimum atomic E-state index is -4.13. The van der Waals surface area contributed by atoms with Gasteiger partial charge in [0.05, 0.1) is 6.29 Å². The van der Waals surface area contributed by atoms with Crippen molar-refractivity contribution in [1.29, 1.82) is 0 Å². The van der Waals surface area contributed by atoms with Crippen LogP contribution >= 0.6 is 7.60 Å². The fourth-order valence-corrected chi connectivity index (χ4v) is 0.855. The van der Waals surface area contributed by atoms with Crippen LogP contribution in [0.15, 0.2) is 0 Å². The Balaban J connectivity index is 3.72. The van der Waals surface area contributed by atoms with Gasteiger partial charge in [0.2, 0.25) is 0 Å². The predicted molar refractivity (Wildman–Crippen MR) is 37.1 cm³/mol. The third-order valence-corrected chi connectivity index (χ3v) is 1.57. The molecule has 0 aromatic heterocycles. The van der Waals surface area contributed by atoms with Crippen molar-refractivity contribution in [2.24, 2.45) is 0 Å². The summed E-state index contributed by atoms with van der Waals surface area (Å²) < 4.78 is 10.2. The lowest BCUT2D eigenvalue weighted by atomic mass is 10.4. The largest absolute Gasteiger partial charge is 0.480 e. The lowest BCUT2D eigenvalue weighted by Gasteiger charge is -2.09. The van der Waals surface area contributed by atoms with Crippen LogP contribution in [0.25, 0.3) is 0 Å².